The Balaban J connectivity index is 1.87. The molecule has 24 heavy (non-hydrogen) atoms. The number of phenolic OH excluding ortho intramolecular Hbond substituents is 1. The Labute approximate surface area is 142 Å². The van der Waals surface area contributed by atoms with Gasteiger partial charge in [-0.2, -0.15) is 4.98 Å². The van der Waals surface area contributed by atoms with Gasteiger partial charge in [0, 0.05) is 16.8 Å². The number of fused-ring (bicyclic) bond motifs is 3. The van der Waals surface area contributed by atoms with Gasteiger partial charge < -0.3 is 15.2 Å². The van der Waals surface area contributed by atoms with Gasteiger partial charge in [0.1, 0.15) is 5.75 Å². The molecule has 0 saturated carbocycles. The van der Waals surface area contributed by atoms with Gasteiger partial charge in [-0.3, -0.25) is 0 Å². The molecular formula is C17H14N4O2S. The van der Waals surface area contributed by atoms with Crippen molar-refractivity contribution in [1.82, 2.24) is 15.2 Å². The van der Waals surface area contributed by atoms with Gasteiger partial charge in [-0.15, -0.1) is 10.2 Å². The van der Waals surface area contributed by atoms with Crippen molar-refractivity contribution in [3.63, 3.8) is 0 Å². The largest absolute Gasteiger partial charge is 0.508 e. The van der Waals surface area contributed by atoms with Gasteiger partial charge in [-0.05, 0) is 24.5 Å². The molecular weight excluding hydrogens is 324 g/mol. The smallest absolute Gasteiger partial charge is 0.247 e. The van der Waals surface area contributed by atoms with Crippen LogP contribution in [0.3, 0.4) is 0 Å². The Morgan fingerprint density at radius 1 is 1.12 bits per heavy atom. The van der Waals surface area contributed by atoms with E-state index >= 15 is 0 Å². The Morgan fingerprint density at radius 3 is 2.83 bits per heavy atom. The van der Waals surface area contributed by atoms with Crippen LogP contribution in [0.4, 0.5) is 5.69 Å². The second-order valence-electron chi connectivity index (χ2n) is 5.24. The van der Waals surface area contributed by atoms with Gasteiger partial charge in [-0.25, -0.2) is 0 Å². The highest BCUT2D eigenvalue weighted by atomic mass is 32.2. The third-order valence-corrected chi connectivity index (χ3v) is 4.23. The first-order chi connectivity index (χ1) is 11.7. The van der Waals surface area contributed by atoms with Gasteiger partial charge in [-0.1, -0.05) is 42.1 Å². The maximum absolute atomic E-state index is 9.76. The van der Waals surface area contributed by atoms with Crippen LogP contribution in [0.25, 0.3) is 11.3 Å². The Morgan fingerprint density at radius 2 is 2.00 bits per heavy atom. The van der Waals surface area contributed by atoms with E-state index in [4.69, 9.17) is 4.74 Å². The predicted octanol–water partition coefficient (Wildman–Crippen LogP) is 3.47. The first kappa shape index (κ1) is 14.8. The van der Waals surface area contributed by atoms with E-state index in [2.05, 4.69) is 20.5 Å². The fourth-order valence-corrected chi connectivity index (χ4v) is 2.87. The van der Waals surface area contributed by atoms with Crippen molar-refractivity contribution in [2.24, 2.45) is 0 Å². The molecule has 0 fully saturated rings. The van der Waals surface area contributed by atoms with E-state index in [-0.39, 0.29) is 5.75 Å². The van der Waals surface area contributed by atoms with Gasteiger partial charge >= 0.3 is 0 Å². The molecule has 1 atom stereocenters. The fraction of sp³-hybridized carbons (Fsp3) is 0.118. The van der Waals surface area contributed by atoms with Crippen LogP contribution >= 0.6 is 11.8 Å². The second-order valence-corrected chi connectivity index (χ2v) is 6.01. The van der Waals surface area contributed by atoms with E-state index in [0.717, 1.165) is 16.8 Å². The molecule has 120 valence electrons. The summed E-state index contributed by atoms with van der Waals surface area (Å²) in [5.41, 5.74) is 3.14. The summed E-state index contributed by atoms with van der Waals surface area (Å²) in [4.78, 5) is 4.45. The maximum atomic E-state index is 9.76. The minimum Gasteiger partial charge on any atom is -0.508 e. The molecule has 0 unspecified atom stereocenters. The normalized spacial score (nSPS) is 15.5. The van der Waals surface area contributed by atoms with Crippen LogP contribution in [0, 0.1) is 0 Å². The summed E-state index contributed by atoms with van der Waals surface area (Å²) in [6.07, 6.45) is 1.39. The molecule has 4 rings (SSSR count). The predicted molar refractivity (Wildman–Crippen MR) is 92.1 cm³/mol. The van der Waals surface area contributed by atoms with Crippen molar-refractivity contribution in [3.05, 3.63) is 54.1 Å². The molecule has 0 aliphatic carbocycles. The van der Waals surface area contributed by atoms with Crippen LogP contribution in [0.15, 0.2) is 53.7 Å². The number of ether oxygens (including phenoxy) is 1. The molecule has 1 aromatic heterocycles. The zero-order valence-electron chi connectivity index (χ0n) is 12.8. The standard InChI is InChI=1S/C17H14N4O2S/c1-24-17-19-16-14(20-21-17)12-7-2-3-8-13(12)18-15(23-16)10-5-4-6-11(22)9-10/h2-9,15,18,22H,1H3/t15-/m0/s1. The van der Waals surface area contributed by atoms with Crippen LogP contribution in [0.2, 0.25) is 0 Å². The molecule has 2 N–H and O–H groups in total. The molecule has 1 aliphatic heterocycles. The van der Waals surface area contributed by atoms with Crippen molar-refractivity contribution in [1.29, 1.82) is 0 Å². The quantitative estimate of drug-likeness (QED) is 0.693. The van der Waals surface area contributed by atoms with Gasteiger partial charge in [0.15, 0.2) is 11.9 Å². The zero-order valence-corrected chi connectivity index (χ0v) is 13.6. The third kappa shape index (κ3) is 2.63. The van der Waals surface area contributed by atoms with Gasteiger partial charge in [0.25, 0.3) is 0 Å². The number of nitrogens with one attached hydrogen (secondary N) is 1. The van der Waals surface area contributed by atoms with Crippen LogP contribution in [0.5, 0.6) is 11.6 Å². The third-order valence-electron chi connectivity index (χ3n) is 3.69. The first-order valence-electron chi connectivity index (χ1n) is 7.35. The monoisotopic (exact) mass is 338 g/mol. The number of anilines is 1. The molecule has 0 spiro atoms. The summed E-state index contributed by atoms with van der Waals surface area (Å²) >= 11 is 1.40. The molecule has 2 heterocycles. The molecule has 0 radical (unpaired) electrons. The Kier molecular flexibility index (Phi) is 3.70. The van der Waals surface area contributed by atoms with Crippen molar-refractivity contribution in [3.8, 4) is 22.9 Å². The fourth-order valence-electron chi connectivity index (χ4n) is 2.57. The Hall–Kier alpha value is -2.80. The summed E-state index contributed by atoms with van der Waals surface area (Å²) in [5, 5.41) is 22.1. The molecule has 0 amide bonds. The van der Waals surface area contributed by atoms with E-state index in [9.17, 15) is 5.11 Å². The van der Waals surface area contributed by atoms with E-state index in [1.54, 1.807) is 18.2 Å². The molecule has 3 aromatic rings. The summed E-state index contributed by atoms with van der Waals surface area (Å²) in [6, 6.07) is 14.7. The number of hydrogen-bond acceptors (Lipinski definition) is 7. The lowest BCUT2D eigenvalue weighted by Crippen LogP contribution is -2.17. The molecule has 1 aliphatic rings. The zero-order chi connectivity index (χ0) is 16.5. The highest BCUT2D eigenvalue weighted by Gasteiger charge is 2.25. The van der Waals surface area contributed by atoms with Crippen molar-refractivity contribution < 1.29 is 9.84 Å². The maximum Gasteiger partial charge on any atom is 0.247 e. The SMILES string of the molecule is CSc1nnc2c(n1)O[C@@H](c1cccc(O)c1)Nc1ccccc1-2. The highest BCUT2D eigenvalue weighted by molar-refractivity contribution is 7.98. The van der Waals surface area contributed by atoms with Crippen LogP contribution in [-0.4, -0.2) is 26.5 Å². The van der Waals surface area contributed by atoms with E-state index in [0.29, 0.717) is 16.7 Å². The molecule has 2 aromatic carbocycles. The Bertz CT molecular complexity index is 903. The van der Waals surface area contributed by atoms with Crippen LogP contribution in [-0.2, 0) is 0 Å². The molecule has 0 bridgehead atoms. The number of thioether (sulfide) groups is 1. The number of aromatic hydroxyl groups is 1. The van der Waals surface area contributed by atoms with Crippen molar-refractivity contribution >= 4 is 17.4 Å². The van der Waals surface area contributed by atoms with E-state index in [1.165, 1.54) is 11.8 Å². The van der Waals surface area contributed by atoms with Gasteiger partial charge in [0.2, 0.25) is 11.0 Å². The average molecular weight is 338 g/mol. The first-order valence-corrected chi connectivity index (χ1v) is 8.57. The number of aromatic nitrogens is 3. The topological polar surface area (TPSA) is 80.2 Å². The molecule has 6 nitrogen and oxygen atoms in total. The molecule has 7 heteroatoms. The van der Waals surface area contributed by atoms with Gasteiger partial charge in [0.05, 0.1) is 0 Å². The minimum atomic E-state index is -0.495. The van der Waals surface area contributed by atoms with Crippen LogP contribution < -0.4 is 10.1 Å². The highest BCUT2D eigenvalue weighted by Crippen LogP contribution is 2.39. The number of para-hydroxylation sites is 1. The summed E-state index contributed by atoms with van der Waals surface area (Å²) < 4.78 is 6.07. The summed E-state index contributed by atoms with van der Waals surface area (Å²) in [5.74, 6) is 0.599. The lowest BCUT2D eigenvalue weighted by Gasteiger charge is -2.19. The lowest BCUT2D eigenvalue weighted by atomic mass is 10.1. The average Bonchev–Trinajstić information content (AvgIpc) is 2.78. The number of phenols is 1. The molecule has 0 saturated heterocycles. The second kappa shape index (κ2) is 6.01. The minimum absolute atomic E-state index is 0.182. The number of nitrogens with zero attached hydrogens (tertiary/aromatic N) is 3. The van der Waals surface area contributed by atoms with Crippen LogP contribution in [0.1, 0.15) is 11.8 Å². The number of rotatable bonds is 2. The van der Waals surface area contributed by atoms with Crippen molar-refractivity contribution in [2.45, 2.75) is 11.4 Å². The lowest BCUT2D eigenvalue weighted by molar-refractivity contribution is 0.225. The van der Waals surface area contributed by atoms with E-state index in [1.807, 2.05) is 36.6 Å². The summed E-state index contributed by atoms with van der Waals surface area (Å²) in [6.45, 7) is 0. The number of hydrogen-bond donors (Lipinski definition) is 2. The van der Waals surface area contributed by atoms with Crippen molar-refractivity contribution in [2.75, 3.05) is 11.6 Å². The van der Waals surface area contributed by atoms with E-state index < -0.39 is 6.23 Å². The number of benzene rings is 2. The summed E-state index contributed by atoms with van der Waals surface area (Å²) in [7, 11) is 0.